The van der Waals surface area contributed by atoms with Gasteiger partial charge in [-0.25, -0.2) is 0 Å². The molecule has 1 amide bonds. The van der Waals surface area contributed by atoms with Crippen LogP contribution in [0.4, 0.5) is 0 Å². The number of hydrogen-bond donors (Lipinski definition) is 3. The molecule has 0 bridgehead atoms. The van der Waals surface area contributed by atoms with Crippen LogP contribution in [0.25, 0.3) is 0 Å². The van der Waals surface area contributed by atoms with Gasteiger partial charge in [-0.1, -0.05) is 46.8 Å². The number of carbonyl (C=O) groups is 3. The molecule has 0 saturated heterocycles. The molecule has 7 nitrogen and oxygen atoms in total. The molecule has 0 radical (unpaired) electrons. The number of amides is 1. The van der Waals surface area contributed by atoms with Crippen LogP contribution in [0.2, 0.25) is 0 Å². The number of carbonyl (C=O) groups excluding carboxylic acids is 2. The second-order valence-electron chi connectivity index (χ2n) is 20.0. The lowest BCUT2D eigenvalue weighted by molar-refractivity contribution is -0.250. The zero-order valence-corrected chi connectivity index (χ0v) is 31.9. The smallest absolute Gasteiger partial charge is 0.309 e. The highest BCUT2D eigenvalue weighted by Crippen LogP contribution is 2.78. The summed E-state index contributed by atoms with van der Waals surface area (Å²) in [7, 11) is 0. The van der Waals surface area contributed by atoms with Gasteiger partial charge in [0.2, 0.25) is 5.91 Å². The Kier molecular flexibility index (Phi) is 9.43. The molecule has 48 heavy (non-hydrogen) atoms. The van der Waals surface area contributed by atoms with Crippen molar-refractivity contribution in [3.05, 3.63) is 12.2 Å². The summed E-state index contributed by atoms with van der Waals surface area (Å²) in [5, 5.41) is 22.9. The summed E-state index contributed by atoms with van der Waals surface area (Å²) in [5.41, 5.74) is -0.562. The number of ether oxygens (including phenoxy) is 1. The van der Waals surface area contributed by atoms with Crippen LogP contribution in [0, 0.1) is 62.1 Å². The summed E-state index contributed by atoms with van der Waals surface area (Å²) in [5.74, 6) is 1.12. The molecule has 10 atom stereocenters. The van der Waals surface area contributed by atoms with E-state index in [1.807, 2.05) is 0 Å². The first-order chi connectivity index (χ1) is 21.9. The summed E-state index contributed by atoms with van der Waals surface area (Å²) in [6.07, 6.45) is 11.1. The Morgan fingerprint density at radius 1 is 0.854 bits per heavy atom. The molecule has 5 saturated carbocycles. The number of carboxylic acids is 1. The molecule has 0 spiro atoms. The number of aliphatic carboxylic acids is 1. The van der Waals surface area contributed by atoms with E-state index >= 15 is 0 Å². The number of allylic oxidation sites excluding steroid dienone is 1. The van der Waals surface area contributed by atoms with Crippen LogP contribution in [0.5, 0.6) is 0 Å². The predicted octanol–water partition coefficient (Wildman–Crippen LogP) is 8.33. The first-order valence-corrected chi connectivity index (χ1v) is 19.0. The third kappa shape index (κ3) is 5.98. The Labute approximate surface area is 290 Å². The van der Waals surface area contributed by atoms with Crippen molar-refractivity contribution in [3.63, 3.8) is 0 Å². The Morgan fingerprint density at radius 2 is 1.52 bits per heavy atom. The minimum Gasteiger partial charge on any atom is -0.481 e. The van der Waals surface area contributed by atoms with Gasteiger partial charge in [-0.05, 0) is 150 Å². The van der Waals surface area contributed by atoms with Crippen LogP contribution in [0.15, 0.2) is 12.2 Å². The number of rotatable bonds is 9. The van der Waals surface area contributed by atoms with Gasteiger partial charge in [-0.2, -0.15) is 0 Å². The van der Waals surface area contributed by atoms with Gasteiger partial charge in [0.1, 0.15) is 6.10 Å². The molecule has 0 aromatic heterocycles. The molecule has 0 aromatic carbocycles. The Hall–Kier alpha value is -1.89. The molecule has 3 N–H and O–H groups in total. The number of carboxylic acid groups (broad SMARTS) is 1. The van der Waals surface area contributed by atoms with Crippen molar-refractivity contribution in [3.8, 4) is 0 Å². The Morgan fingerprint density at radius 3 is 2.12 bits per heavy atom. The zero-order valence-electron chi connectivity index (χ0n) is 31.9. The number of aliphatic hydroxyl groups is 1. The van der Waals surface area contributed by atoms with E-state index in [1.165, 1.54) is 18.4 Å². The average Bonchev–Trinajstić information content (AvgIpc) is 3.33. The highest BCUT2D eigenvalue weighted by atomic mass is 16.5. The van der Waals surface area contributed by atoms with Crippen molar-refractivity contribution in [1.29, 1.82) is 0 Å². The second-order valence-corrected chi connectivity index (χ2v) is 20.0. The zero-order chi connectivity index (χ0) is 35.9. The maximum absolute atomic E-state index is 13.5. The molecule has 7 heteroatoms. The highest BCUT2D eigenvalue weighted by Gasteiger charge is 2.71. The van der Waals surface area contributed by atoms with Crippen molar-refractivity contribution in [2.45, 2.75) is 158 Å². The summed E-state index contributed by atoms with van der Waals surface area (Å²) in [6.45, 7) is 26.0. The van der Waals surface area contributed by atoms with Crippen LogP contribution < -0.4 is 5.32 Å². The molecule has 0 unspecified atom stereocenters. The molecule has 0 aliphatic heterocycles. The van der Waals surface area contributed by atoms with Crippen LogP contribution in [-0.4, -0.2) is 46.3 Å². The standard InChI is InChI=1S/C41H67NO6/c1-25(2)26-14-19-41(22-31(43)42-24-36(5,6)47)21-20-39(10)27(33(26)41)12-13-29-38(9)17-16-30(48-32(44)23-35(3,4)34(45)46)37(7,8)28(38)15-18-40(29,39)11/h26-30,33,47H,1,12-24H2,2-11H3,(H,42,43)(H,45,46)/t26-,27+,28-,29+,30-,33+,38-,39+,40+,41+/m0/s1. The molecule has 0 aromatic rings. The third-order valence-corrected chi connectivity index (χ3v) is 15.8. The summed E-state index contributed by atoms with van der Waals surface area (Å²) >= 11 is 0. The molecule has 5 rings (SSSR count). The topological polar surface area (TPSA) is 113 Å². The van der Waals surface area contributed by atoms with Crippen LogP contribution >= 0.6 is 0 Å². The first kappa shape index (κ1) is 37.4. The van der Waals surface area contributed by atoms with Crippen LogP contribution in [-0.2, 0) is 19.1 Å². The van der Waals surface area contributed by atoms with Gasteiger partial charge in [-0.3, -0.25) is 14.4 Å². The normalized spacial score (nSPS) is 42.0. The summed E-state index contributed by atoms with van der Waals surface area (Å²) in [4.78, 5) is 38.2. The average molecular weight is 670 g/mol. The lowest BCUT2D eigenvalue weighted by Crippen LogP contribution is -2.67. The minimum atomic E-state index is -1.15. The van der Waals surface area contributed by atoms with Crippen molar-refractivity contribution < 1.29 is 29.3 Å². The maximum atomic E-state index is 13.5. The number of nitrogens with one attached hydrogen (secondary N) is 1. The van der Waals surface area contributed by atoms with E-state index in [0.717, 1.165) is 51.4 Å². The van der Waals surface area contributed by atoms with Gasteiger partial charge >= 0.3 is 11.9 Å². The molecular formula is C41H67NO6. The third-order valence-electron chi connectivity index (χ3n) is 15.8. The van der Waals surface area contributed by atoms with E-state index in [1.54, 1.807) is 27.7 Å². The highest BCUT2D eigenvalue weighted by molar-refractivity contribution is 5.81. The lowest BCUT2D eigenvalue weighted by Gasteiger charge is -2.73. The molecule has 5 fully saturated rings. The van der Waals surface area contributed by atoms with E-state index in [0.29, 0.717) is 36.0 Å². The van der Waals surface area contributed by atoms with E-state index in [4.69, 9.17) is 4.74 Å². The van der Waals surface area contributed by atoms with Gasteiger partial charge in [0.05, 0.1) is 17.4 Å². The molecular weight excluding hydrogens is 602 g/mol. The first-order valence-electron chi connectivity index (χ1n) is 19.0. The van der Waals surface area contributed by atoms with Crippen LogP contribution in [0.3, 0.4) is 0 Å². The molecule has 5 aliphatic rings. The number of esters is 1. The van der Waals surface area contributed by atoms with Crippen molar-refractivity contribution >= 4 is 17.8 Å². The van der Waals surface area contributed by atoms with Gasteiger partial charge in [0.25, 0.3) is 0 Å². The molecule has 5 aliphatic carbocycles. The Balaban J connectivity index is 1.39. The summed E-state index contributed by atoms with van der Waals surface area (Å²) < 4.78 is 6.16. The van der Waals surface area contributed by atoms with E-state index < -0.39 is 23.0 Å². The van der Waals surface area contributed by atoms with E-state index in [-0.39, 0.29) is 52.1 Å². The van der Waals surface area contributed by atoms with Gasteiger partial charge in [0, 0.05) is 18.4 Å². The largest absolute Gasteiger partial charge is 0.481 e. The number of fused-ring (bicyclic) bond motifs is 7. The maximum Gasteiger partial charge on any atom is 0.309 e. The lowest BCUT2D eigenvalue weighted by atomic mass is 9.32. The SMILES string of the molecule is C=C(C)[C@@H]1CC[C@]2(CC(=O)NCC(C)(C)O)CC[C@]3(C)[C@H](CC[C@@H]4[C@@]5(C)CC[C@H](OC(=O)CC(C)(C)C(=O)O)C(C)(C)[C@@H]5CC[C@]43C)[C@@H]12. The van der Waals surface area contributed by atoms with Gasteiger partial charge < -0.3 is 20.3 Å². The van der Waals surface area contributed by atoms with Crippen molar-refractivity contribution in [1.82, 2.24) is 5.32 Å². The molecule has 272 valence electrons. The van der Waals surface area contributed by atoms with Gasteiger partial charge in [-0.15, -0.1) is 0 Å². The fraction of sp³-hybridized carbons (Fsp3) is 0.878. The van der Waals surface area contributed by atoms with Gasteiger partial charge in [0.15, 0.2) is 0 Å². The second kappa shape index (κ2) is 12.1. The predicted molar refractivity (Wildman–Crippen MR) is 189 cm³/mol. The van der Waals surface area contributed by atoms with E-state index in [9.17, 15) is 24.6 Å². The number of hydrogen-bond acceptors (Lipinski definition) is 5. The van der Waals surface area contributed by atoms with Crippen LogP contribution in [0.1, 0.15) is 146 Å². The molecule has 0 heterocycles. The minimum absolute atomic E-state index is 0.0130. The van der Waals surface area contributed by atoms with Crippen molar-refractivity contribution in [2.24, 2.45) is 62.1 Å². The fourth-order valence-electron chi connectivity index (χ4n) is 13.1. The Bertz CT molecular complexity index is 1310. The summed E-state index contributed by atoms with van der Waals surface area (Å²) in [6, 6.07) is 0. The fourth-order valence-corrected chi connectivity index (χ4v) is 13.1. The van der Waals surface area contributed by atoms with E-state index in [2.05, 4.69) is 53.4 Å². The monoisotopic (exact) mass is 669 g/mol. The van der Waals surface area contributed by atoms with Crippen molar-refractivity contribution in [2.75, 3.05) is 6.54 Å². The quantitative estimate of drug-likeness (QED) is 0.168.